The van der Waals surface area contributed by atoms with Gasteiger partial charge >= 0.3 is 5.97 Å². The van der Waals surface area contributed by atoms with E-state index in [0.717, 1.165) is 6.07 Å². The minimum Gasteiger partial charge on any atom is -0.482 e. The number of rotatable bonds is 5. The van der Waals surface area contributed by atoms with Gasteiger partial charge in [-0.2, -0.15) is 5.10 Å². The molecule has 0 bridgehead atoms. The molecule has 0 unspecified atom stereocenters. The van der Waals surface area contributed by atoms with Crippen molar-refractivity contribution in [3.63, 3.8) is 0 Å². The lowest BCUT2D eigenvalue weighted by Gasteiger charge is -2.12. The average Bonchev–Trinajstić information content (AvgIpc) is 2.85. The highest BCUT2D eigenvalue weighted by Crippen LogP contribution is 2.23. The molecule has 20 heavy (non-hydrogen) atoms. The molecule has 0 radical (unpaired) electrons. The third kappa shape index (κ3) is 2.76. The molecule has 0 fully saturated rings. The van der Waals surface area contributed by atoms with Crippen LogP contribution in [0.1, 0.15) is 36.1 Å². The van der Waals surface area contributed by atoms with Gasteiger partial charge in [0.05, 0.1) is 0 Å². The van der Waals surface area contributed by atoms with Crippen LogP contribution in [0, 0.1) is 5.82 Å². The van der Waals surface area contributed by atoms with Crippen LogP contribution >= 0.6 is 0 Å². The summed E-state index contributed by atoms with van der Waals surface area (Å²) in [6.45, 7) is 3.79. The molecule has 0 atom stereocenters. The van der Waals surface area contributed by atoms with E-state index in [9.17, 15) is 9.18 Å². The summed E-state index contributed by atoms with van der Waals surface area (Å²) in [6, 6.07) is 3.83. The lowest BCUT2D eigenvalue weighted by Crippen LogP contribution is -2.12. The number of carboxylic acids is 1. The van der Waals surface area contributed by atoms with E-state index < -0.39 is 11.8 Å². The van der Waals surface area contributed by atoms with E-state index in [4.69, 9.17) is 9.84 Å². The first-order valence-electron chi connectivity index (χ1n) is 6.03. The quantitative estimate of drug-likeness (QED) is 0.908. The molecule has 0 saturated heterocycles. The van der Waals surface area contributed by atoms with Crippen LogP contribution in [0.4, 0.5) is 4.39 Å². The predicted molar refractivity (Wildman–Crippen MR) is 68.1 cm³/mol. The lowest BCUT2D eigenvalue weighted by atomic mass is 10.2. The number of hydrogen-bond donors (Lipinski definition) is 1. The van der Waals surface area contributed by atoms with Crippen LogP contribution in [0.5, 0.6) is 5.75 Å². The molecule has 1 N–H and O–H groups in total. The number of nitrogens with zero attached hydrogens (tertiary/aromatic N) is 3. The first kappa shape index (κ1) is 14.0. The smallest absolute Gasteiger partial charge is 0.339 e. The van der Waals surface area contributed by atoms with E-state index in [0.29, 0.717) is 5.82 Å². The zero-order valence-electron chi connectivity index (χ0n) is 11.1. The third-order valence-electron chi connectivity index (χ3n) is 2.68. The van der Waals surface area contributed by atoms with Crippen molar-refractivity contribution in [1.29, 1.82) is 0 Å². The summed E-state index contributed by atoms with van der Waals surface area (Å²) in [4.78, 5) is 15.0. The minimum atomic E-state index is -1.25. The second kappa shape index (κ2) is 5.68. The first-order valence-corrected chi connectivity index (χ1v) is 6.03. The molecular weight excluding hydrogens is 265 g/mol. The molecule has 2 aromatic rings. The largest absolute Gasteiger partial charge is 0.482 e. The molecule has 0 amide bonds. The van der Waals surface area contributed by atoms with Crippen molar-refractivity contribution >= 4 is 5.97 Å². The van der Waals surface area contributed by atoms with Crippen LogP contribution in [-0.4, -0.2) is 25.8 Å². The average molecular weight is 279 g/mol. The second-order valence-electron chi connectivity index (χ2n) is 4.42. The van der Waals surface area contributed by atoms with Gasteiger partial charge in [0.1, 0.15) is 18.5 Å². The maximum atomic E-state index is 13.7. The molecule has 0 saturated carbocycles. The molecule has 106 valence electrons. The van der Waals surface area contributed by atoms with Crippen LogP contribution in [0.2, 0.25) is 0 Å². The number of para-hydroxylation sites is 1. The van der Waals surface area contributed by atoms with Gasteiger partial charge in [0, 0.05) is 6.04 Å². The maximum absolute atomic E-state index is 13.7. The number of aromatic nitrogens is 3. The molecule has 6 nitrogen and oxygen atoms in total. The number of ether oxygens (including phenoxy) is 1. The van der Waals surface area contributed by atoms with Crippen molar-refractivity contribution in [3.05, 3.63) is 41.7 Å². The Kier molecular flexibility index (Phi) is 3.97. The number of carboxylic acid groups (broad SMARTS) is 1. The SMILES string of the molecule is CC(C)n1ncnc1COc1c(F)cccc1C(=O)O. The molecule has 1 heterocycles. The molecule has 0 aliphatic rings. The van der Waals surface area contributed by atoms with Gasteiger partial charge in [0.2, 0.25) is 0 Å². The fourth-order valence-electron chi connectivity index (χ4n) is 1.77. The van der Waals surface area contributed by atoms with E-state index in [1.807, 2.05) is 13.8 Å². The topological polar surface area (TPSA) is 77.2 Å². The highest BCUT2D eigenvalue weighted by atomic mass is 19.1. The van der Waals surface area contributed by atoms with Crippen LogP contribution in [0.3, 0.4) is 0 Å². The molecule has 1 aromatic heterocycles. The minimum absolute atomic E-state index is 0.0562. The van der Waals surface area contributed by atoms with Crippen LogP contribution in [0.25, 0.3) is 0 Å². The van der Waals surface area contributed by atoms with Gasteiger partial charge in [0.15, 0.2) is 17.4 Å². The van der Waals surface area contributed by atoms with Crippen molar-refractivity contribution < 1.29 is 19.0 Å². The normalized spacial score (nSPS) is 10.8. The van der Waals surface area contributed by atoms with Gasteiger partial charge < -0.3 is 9.84 Å². The van der Waals surface area contributed by atoms with Crippen molar-refractivity contribution in [3.8, 4) is 5.75 Å². The summed E-state index contributed by atoms with van der Waals surface area (Å²) in [5.41, 5.74) is -0.222. The zero-order valence-corrected chi connectivity index (χ0v) is 11.1. The number of halogens is 1. The summed E-state index contributed by atoms with van der Waals surface area (Å²) >= 11 is 0. The Bertz CT molecular complexity index is 625. The number of carbonyl (C=O) groups is 1. The van der Waals surface area contributed by atoms with Gasteiger partial charge in [-0.15, -0.1) is 0 Å². The van der Waals surface area contributed by atoms with Gasteiger partial charge in [-0.1, -0.05) is 6.07 Å². The van der Waals surface area contributed by atoms with E-state index in [1.54, 1.807) is 4.68 Å². The second-order valence-corrected chi connectivity index (χ2v) is 4.42. The maximum Gasteiger partial charge on any atom is 0.339 e. The van der Waals surface area contributed by atoms with Crippen molar-refractivity contribution in [2.24, 2.45) is 0 Å². The third-order valence-corrected chi connectivity index (χ3v) is 2.68. The van der Waals surface area contributed by atoms with Crippen molar-refractivity contribution in [1.82, 2.24) is 14.8 Å². The number of hydrogen-bond acceptors (Lipinski definition) is 4. The Labute approximate surface area is 114 Å². The predicted octanol–water partition coefficient (Wildman–Crippen LogP) is 2.28. The number of aromatic carboxylic acids is 1. The summed E-state index contributed by atoms with van der Waals surface area (Å²) < 4.78 is 20.6. The molecule has 2 rings (SSSR count). The van der Waals surface area contributed by atoms with E-state index >= 15 is 0 Å². The van der Waals surface area contributed by atoms with Crippen LogP contribution < -0.4 is 4.74 Å². The molecule has 7 heteroatoms. The van der Waals surface area contributed by atoms with E-state index in [2.05, 4.69) is 10.1 Å². The van der Waals surface area contributed by atoms with Gasteiger partial charge in [0.25, 0.3) is 0 Å². The Hall–Kier alpha value is -2.44. The van der Waals surface area contributed by atoms with Crippen LogP contribution in [0.15, 0.2) is 24.5 Å². The fraction of sp³-hybridized carbons (Fsp3) is 0.308. The summed E-state index contributed by atoms with van der Waals surface area (Å²) in [7, 11) is 0. The summed E-state index contributed by atoms with van der Waals surface area (Å²) in [5, 5.41) is 13.0. The molecular formula is C13H14FN3O3. The Morgan fingerprint density at radius 2 is 2.25 bits per heavy atom. The number of benzene rings is 1. The van der Waals surface area contributed by atoms with Gasteiger partial charge in [-0.05, 0) is 26.0 Å². The van der Waals surface area contributed by atoms with Crippen molar-refractivity contribution in [2.75, 3.05) is 0 Å². The Morgan fingerprint density at radius 3 is 2.90 bits per heavy atom. The molecule has 1 aromatic carbocycles. The standard InChI is InChI=1S/C13H14FN3O3/c1-8(2)17-11(15-7-16-17)6-20-12-9(13(18)19)4-3-5-10(12)14/h3-5,7-8H,6H2,1-2H3,(H,18,19). The summed E-state index contributed by atoms with van der Waals surface area (Å²) in [5.74, 6) is -1.76. The Balaban J connectivity index is 2.23. The van der Waals surface area contributed by atoms with Gasteiger partial charge in [-0.25, -0.2) is 18.9 Å². The highest BCUT2D eigenvalue weighted by molar-refractivity contribution is 5.90. The van der Waals surface area contributed by atoms with E-state index in [1.165, 1.54) is 18.5 Å². The molecule has 0 aliphatic heterocycles. The first-order chi connectivity index (χ1) is 9.50. The van der Waals surface area contributed by atoms with Crippen LogP contribution in [-0.2, 0) is 6.61 Å². The molecule has 0 aliphatic carbocycles. The Morgan fingerprint density at radius 1 is 1.50 bits per heavy atom. The zero-order chi connectivity index (χ0) is 14.7. The van der Waals surface area contributed by atoms with Gasteiger partial charge in [-0.3, -0.25) is 0 Å². The monoisotopic (exact) mass is 279 g/mol. The lowest BCUT2D eigenvalue weighted by molar-refractivity contribution is 0.0690. The summed E-state index contributed by atoms with van der Waals surface area (Å²) in [6.07, 6.45) is 1.37. The van der Waals surface area contributed by atoms with Crippen molar-refractivity contribution in [2.45, 2.75) is 26.5 Å². The molecule has 0 spiro atoms. The fourth-order valence-corrected chi connectivity index (χ4v) is 1.77. The van der Waals surface area contributed by atoms with E-state index in [-0.39, 0.29) is 24.0 Å². The highest BCUT2D eigenvalue weighted by Gasteiger charge is 2.17.